The fraction of sp³-hybridized carbons (Fsp3) is 0.500. The van der Waals surface area contributed by atoms with Crippen LogP contribution in [0.1, 0.15) is 29.3 Å². The summed E-state index contributed by atoms with van der Waals surface area (Å²) >= 11 is 1.80. The lowest BCUT2D eigenvalue weighted by molar-refractivity contribution is 0.412. The van der Waals surface area contributed by atoms with Gasteiger partial charge in [0.15, 0.2) is 0 Å². The quantitative estimate of drug-likeness (QED) is 0.776. The monoisotopic (exact) mass is 318 g/mol. The lowest BCUT2D eigenvalue weighted by Gasteiger charge is -2.06. The first-order valence-corrected chi connectivity index (χ1v) is 8.65. The summed E-state index contributed by atoms with van der Waals surface area (Å²) in [5.74, 6) is 1.62. The largest absolute Gasteiger partial charge is 0.496 e. The minimum absolute atomic E-state index is 0.691. The van der Waals surface area contributed by atoms with Crippen LogP contribution < -0.4 is 10.1 Å². The highest BCUT2D eigenvalue weighted by Gasteiger charge is 2.11. The Bertz CT molecular complexity index is 620. The SMILES string of the molecule is COc1ccc(-c2nc(CCNCC(C)C)sc2C)cc1C. The summed E-state index contributed by atoms with van der Waals surface area (Å²) in [5.41, 5.74) is 3.43. The van der Waals surface area contributed by atoms with Crippen LogP contribution in [0.4, 0.5) is 0 Å². The van der Waals surface area contributed by atoms with E-state index in [2.05, 4.69) is 45.1 Å². The Kier molecular flexibility index (Phi) is 5.98. The zero-order valence-corrected chi connectivity index (χ0v) is 15.0. The number of aryl methyl sites for hydroxylation is 2. The zero-order chi connectivity index (χ0) is 16.1. The third-order valence-electron chi connectivity index (χ3n) is 3.58. The summed E-state index contributed by atoms with van der Waals surface area (Å²) < 4.78 is 5.33. The number of ether oxygens (including phenoxy) is 1. The van der Waals surface area contributed by atoms with Crippen molar-refractivity contribution in [3.05, 3.63) is 33.6 Å². The number of nitrogens with one attached hydrogen (secondary N) is 1. The van der Waals surface area contributed by atoms with Crippen molar-refractivity contribution in [3.63, 3.8) is 0 Å². The molecule has 0 aliphatic carbocycles. The van der Waals surface area contributed by atoms with E-state index in [1.54, 1.807) is 18.4 Å². The molecule has 0 aliphatic heterocycles. The highest BCUT2D eigenvalue weighted by atomic mass is 32.1. The molecule has 1 N–H and O–H groups in total. The average molecular weight is 318 g/mol. The van der Waals surface area contributed by atoms with E-state index in [4.69, 9.17) is 9.72 Å². The first kappa shape index (κ1) is 17.0. The topological polar surface area (TPSA) is 34.1 Å². The summed E-state index contributed by atoms with van der Waals surface area (Å²) in [6, 6.07) is 6.27. The van der Waals surface area contributed by atoms with Crippen molar-refractivity contribution in [2.75, 3.05) is 20.2 Å². The highest BCUT2D eigenvalue weighted by Crippen LogP contribution is 2.30. The van der Waals surface area contributed by atoms with E-state index >= 15 is 0 Å². The molecule has 0 amide bonds. The second-order valence-electron chi connectivity index (χ2n) is 6.04. The van der Waals surface area contributed by atoms with Crippen LogP contribution in [0.3, 0.4) is 0 Å². The fourth-order valence-corrected chi connectivity index (χ4v) is 3.39. The summed E-state index contributed by atoms with van der Waals surface area (Å²) in [6.07, 6.45) is 0.993. The van der Waals surface area contributed by atoms with Gasteiger partial charge >= 0.3 is 0 Å². The second-order valence-corrected chi connectivity index (χ2v) is 7.33. The molecular formula is C18H26N2OS. The number of hydrogen-bond donors (Lipinski definition) is 1. The van der Waals surface area contributed by atoms with Crippen molar-refractivity contribution in [2.45, 2.75) is 34.1 Å². The van der Waals surface area contributed by atoms with Crippen LogP contribution in [0.15, 0.2) is 18.2 Å². The van der Waals surface area contributed by atoms with Crippen molar-refractivity contribution in [3.8, 4) is 17.0 Å². The van der Waals surface area contributed by atoms with E-state index in [1.165, 1.54) is 15.4 Å². The maximum atomic E-state index is 5.33. The number of benzene rings is 1. The van der Waals surface area contributed by atoms with Crippen LogP contribution in [0.5, 0.6) is 5.75 Å². The van der Waals surface area contributed by atoms with Gasteiger partial charge in [0.1, 0.15) is 5.75 Å². The molecule has 1 aromatic heterocycles. The minimum atomic E-state index is 0.691. The number of thiazole rings is 1. The van der Waals surface area contributed by atoms with Crippen LogP contribution >= 0.6 is 11.3 Å². The molecule has 0 bridgehead atoms. The Morgan fingerprint density at radius 1 is 1.27 bits per heavy atom. The Morgan fingerprint density at radius 3 is 2.68 bits per heavy atom. The number of aromatic nitrogens is 1. The van der Waals surface area contributed by atoms with Crippen molar-refractivity contribution < 1.29 is 4.74 Å². The molecule has 4 heteroatoms. The normalized spacial score (nSPS) is 11.2. The number of methoxy groups -OCH3 is 1. The molecule has 2 rings (SSSR count). The van der Waals surface area contributed by atoms with Gasteiger partial charge in [-0.25, -0.2) is 4.98 Å². The molecule has 0 atom stereocenters. The van der Waals surface area contributed by atoms with Crippen LogP contribution in [0.25, 0.3) is 11.3 Å². The molecular weight excluding hydrogens is 292 g/mol. The van der Waals surface area contributed by atoms with Crippen LogP contribution in [-0.2, 0) is 6.42 Å². The molecule has 0 radical (unpaired) electrons. The van der Waals surface area contributed by atoms with Crippen molar-refractivity contribution in [2.24, 2.45) is 5.92 Å². The van der Waals surface area contributed by atoms with E-state index < -0.39 is 0 Å². The van der Waals surface area contributed by atoms with E-state index in [9.17, 15) is 0 Å². The first-order chi connectivity index (χ1) is 10.5. The molecule has 1 aromatic carbocycles. The zero-order valence-electron chi connectivity index (χ0n) is 14.2. The first-order valence-electron chi connectivity index (χ1n) is 7.83. The van der Waals surface area contributed by atoms with Gasteiger partial charge in [0.25, 0.3) is 0 Å². The number of hydrogen-bond acceptors (Lipinski definition) is 4. The molecule has 3 nitrogen and oxygen atoms in total. The molecule has 2 aromatic rings. The van der Waals surface area contributed by atoms with E-state index in [1.807, 2.05) is 6.07 Å². The standard InChI is InChI=1S/C18H26N2OS/c1-12(2)11-19-9-8-17-20-18(14(4)22-17)15-6-7-16(21-5)13(3)10-15/h6-7,10,12,19H,8-9,11H2,1-5H3. The van der Waals surface area contributed by atoms with Gasteiger partial charge in [-0.2, -0.15) is 0 Å². The Hall–Kier alpha value is -1.39. The van der Waals surface area contributed by atoms with Gasteiger partial charge in [0.2, 0.25) is 0 Å². The Morgan fingerprint density at radius 2 is 2.05 bits per heavy atom. The van der Waals surface area contributed by atoms with E-state index in [0.29, 0.717) is 5.92 Å². The van der Waals surface area contributed by atoms with Crippen LogP contribution in [0.2, 0.25) is 0 Å². The fourth-order valence-electron chi connectivity index (χ4n) is 2.44. The van der Waals surface area contributed by atoms with Gasteiger partial charge in [0, 0.05) is 23.4 Å². The van der Waals surface area contributed by atoms with Gasteiger partial charge < -0.3 is 10.1 Å². The van der Waals surface area contributed by atoms with Gasteiger partial charge in [-0.3, -0.25) is 0 Å². The van der Waals surface area contributed by atoms with Crippen LogP contribution in [-0.4, -0.2) is 25.2 Å². The Labute approximate surface area is 137 Å². The number of nitrogens with zero attached hydrogens (tertiary/aromatic N) is 1. The maximum absolute atomic E-state index is 5.33. The molecule has 120 valence electrons. The van der Waals surface area contributed by atoms with Gasteiger partial charge in [-0.15, -0.1) is 11.3 Å². The summed E-state index contributed by atoms with van der Waals surface area (Å²) in [6.45, 7) is 10.7. The van der Waals surface area contributed by atoms with Crippen molar-refractivity contribution >= 4 is 11.3 Å². The molecule has 0 fully saturated rings. The number of rotatable bonds is 7. The highest BCUT2D eigenvalue weighted by molar-refractivity contribution is 7.12. The van der Waals surface area contributed by atoms with Gasteiger partial charge in [-0.1, -0.05) is 13.8 Å². The van der Waals surface area contributed by atoms with Crippen molar-refractivity contribution in [1.29, 1.82) is 0 Å². The van der Waals surface area contributed by atoms with Gasteiger partial charge in [0.05, 0.1) is 17.8 Å². The second kappa shape index (κ2) is 7.75. The van der Waals surface area contributed by atoms with Crippen molar-refractivity contribution in [1.82, 2.24) is 10.3 Å². The van der Waals surface area contributed by atoms with E-state index in [-0.39, 0.29) is 0 Å². The maximum Gasteiger partial charge on any atom is 0.121 e. The summed E-state index contributed by atoms with van der Waals surface area (Å²) in [4.78, 5) is 6.11. The minimum Gasteiger partial charge on any atom is -0.496 e. The molecule has 1 heterocycles. The molecule has 0 aliphatic rings. The lowest BCUT2D eigenvalue weighted by atomic mass is 10.1. The third-order valence-corrected chi connectivity index (χ3v) is 4.61. The van der Waals surface area contributed by atoms with E-state index in [0.717, 1.165) is 36.5 Å². The average Bonchev–Trinajstić information content (AvgIpc) is 2.84. The Balaban J connectivity index is 2.07. The predicted octanol–water partition coefficient (Wildman–Crippen LogP) is 4.22. The molecule has 0 unspecified atom stereocenters. The molecule has 0 saturated heterocycles. The van der Waals surface area contributed by atoms with Gasteiger partial charge in [-0.05, 0) is 50.1 Å². The predicted molar refractivity (Wildman–Crippen MR) is 95.0 cm³/mol. The smallest absolute Gasteiger partial charge is 0.121 e. The molecule has 22 heavy (non-hydrogen) atoms. The summed E-state index contributed by atoms with van der Waals surface area (Å²) in [7, 11) is 1.71. The molecule has 0 saturated carbocycles. The molecule has 0 spiro atoms. The lowest BCUT2D eigenvalue weighted by Crippen LogP contribution is -2.22. The van der Waals surface area contributed by atoms with Crippen LogP contribution in [0, 0.1) is 19.8 Å². The summed E-state index contributed by atoms with van der Waals surface area (Å²) in [5, 5.41) is 4.68. The third kappa shape index (κ3) is 4.31.